The summed E-state index contributed by atoms with van der Waals surface area (Å²) in [6, 6.07) is 10.6. The molecule has 2 aromatic carbocycles. The van der Waals surface area contributed by atoms with Gasteiger partial charge < -0.3 is 9.72 Å². The molecule has 0 spiro atoms. The summed E-state index contributed by atoms with van der Waals surface area (Å²) < 4.78 is 6.45. The zero-order valence-corrected chi connectivity index (χ0v) is 14.4. The fourth-order valence-electron chi connectivity index (χ4n) is 2.78. The van der Waals surface area contributed by atoms with Crippen LogP contribution in [0.5, 0.6) is 0 Å². The van der Waals surface area contributed by atoms with Crippen molar-refractivity contribution in [3.63, 3.8) is 0 Å². The van der Waals surface area contributed by atoms with Gasteiger partial charge in [0.15, 0.2) is 4.77 Å². The predicted octanol–water partition coefficient (Wildman–Crippen LogP) is 3.45. The molecule has 0 saturated heterocycles. The van der Waals surface area contributed by atoms with E-state index in [-0.39, 0.29) is 10.3 Å². The minimum Gasteiger partial charge on any atom is -0.465 e. The van der Waals surface area contributed by atoms with Crippen molar-refractivity contribution >= 4 is 29.1 Å². The Morgan fingerprint density at radius 3 is 2.42 bits per heavy atom. The normalized spacial score (nSPS) is 10.8. The van der Waals surface area contributed by atoms with Crippen LogP contribution in [-0.4, -0.2) is 22.6 Å². The van der Waals surface area contributed by atoms with Crippen molar-refractivity contribution in [2.75, 3.05) is 7.11 Å². The van der Waals surface area contributed by atoms with Gasteiger partial charge in [-0.1, -0.05) is 6.07 Å². The molecule has 0 amide bonds. The zero-order valence-electron chi connectivity index (χ0n) is 13.5. The van der Waals surface area contributed by atoms with Crippen molar-refractivity contribution in [3.8, 4) is 5.69 Å². The lowest BCUT2D eigenvalue weighted by molar-refractivity contribution is 0.0601. The molecular formula is C18H16N2O3S. The Labute approximate surface area is 143 Å². The van der Waals surface area contributed by atoms with Crippen LogP contribution in [0.3, 0.4) is 0 Å². The Morgan fingerprint density at radius 2 is 1.79 bits per heavy atom. The van der Waals surface area contributed by atoms with Gasteiger partial charge in [-0.05, 0) is 67.5 Å². The number of carbonyl (C=O) groups is 1. The molecule has 0 bridgehead atoms. The molecule has 3 aromatic rings. The Bertz CT molecular complexity index is 1060. The number of benzene rings is 2. The van der Waals surface area contributed by atoms with E-state index in [0.29, 0.717) is 16.5 Å². The third-order valence-electron chi connectivity index (χ3n) is 3.78. The van der Waals surface area contributed by atoms with Crippen molar-refractivity contribution < 1.29 is 9.53 Å². The summed E-state index contributed by atoms with van der Waals surface area (Å²) in [5.41, 5.74) is 3.46. The first-order valence-corrected chi connectivity index (χ1v) is 7.77. The van der Waals surface area contributed by atoms with Gasteiger partial charge in [-0.3, -0.25) is 9.36 Å². The van der Waals surface area contributed by atoms with E-state index in [0.717, 1.165) is 16.8 Å². The van der Waals surface area contributed by atoms with Gasteiger partial charge in [0.05, 0.1) is 29.3 Å². The van der Waals surface area contributed by atoms with E-state index >= 15 is 0 Å². The van der Waals surface area contributed by atoms with Gasteiger partial charge >= 0.3 is 5.97 Å². The molecule has 1 heterocycles. The van der Waals surface area contributed by atoms with Crippen LogP contribution in [0.15, 0.2) is 41.2 Å². The average Bonchev–Trinajstić information content (AvgIpc) is 2.52. The van der Waals surface area contributed by atoms with Crippen molar-refractivity contribution in [2.45, 2.75) is 13.8 Å². The first-order chi connectivity index (χ1) is 11.4. The number of methoxy groups -OCH3 is 1. The Morgan fingerprint density at radius 1 is 1.12 bits per heavy atom. The molecule has 1 aromatic heterocycles. The lowest BCUT2D eigenvalue weighted by Crippen LogP contribution is -2.21. The van der Waals surface area contributed by atoms with Gasteiger partial charge in [0.2, 0.25) is 0 Å². The number of hydrogen-bond acceptors (Lipinski definition) is 4. The van der Waals surface area contributed by atoms with Crippen molar-refractivity contribution in [3.05, 3.63) is 68.2 Å². The van der Waals surface area contributed by atoms with E-state index in [9.17, 15) is 9.59 Å². The van der Waals surface area contributed by atoms with Crippen molar-refractivity contribution in [2.24, 2.45) is 0 Å². The minimum atomic E-state index is -0.463. The molecule has 0 atom stereocenters. The second-order valence-electron chi connectivity index (χ2n) is 5.67. The topological polar surface area (TPSA) is 64.1 Å². The van der Waals surface area contributed by atoms with Gasteiger partial charge in [0.1, 0.15) is 0 Å². The summed E-state index contributed by atoms with van der Waals surface area (Å²) in [5, 5.41) is 0.454. The van der Waals surface area contributed by atoms with Gasteiger partial charge in [-0.25, -0.2) is 4.79 Å². The molecule has 0 unspecified atom stereocenters. The Kier molecular flexibility index (Phi) is 4.07. The Hall–Kier alpha value is -2.73. The number of hydrogen-bond donors (Lipinski definition) is 1. The molecule has 3 rings (SSSR count). The zero-order chi connectivity index (χ0) is 17.4. The average molecular weight is 340 g/mol. The first kappa shape index (κ1) is 16.1. The van der Waals surface area contributed by atoms with E-state index in [1.807, 2.05) is 32.0 Å². The molecule has 0 saturated carbocycles. The van der Waals surface area contributed by atoms with Crippen LogP contribution in [0.25, 0.3) is 16.6 Å². The van der Waals surface area contributed by atoms with Crippen molar-refractivity contribution in [1.82, 2.24) is 9.55 Å². The highest BCUT2D eigenvalue weighted by atomic mass is 32.1. The maximum atomic E-state index is 12.9. The predicted molar refractivity (Wildman–Crippen MR) is 95.5 cm³/mol. The molecule has 0 radical (unpaired) electrons. The lowest BCUT2D eigenvalue weighted by Gasteiger charge is -2.10. The maximum absolute atomic E-state index is 12.9. The number of nitrogens with one attached hydrogen (secondary N) is 1. The number of aromatic nitrogens is 2. The molecule has 5 nitrogen and oxygen atoms in total. The minimum absolute atomic E-state index is 0.227. The first-order valence-electron chi connectivity index (χ1n) is 7.37. The molecule has 1 N–H and O–H groups in total. The number of carbonyl (C=O) groups excluding carboxylic acids is 1. The van der Waals surface area contributed by atoms with Crippen LogP contribution in [-0.2, 0) is 4.74 Å². The highest BCUT2D eigenvalue weighted by Gasteiger charge is 2.11. The highest BCUT2D eigenvalue weighted by molar-refractivity contribution is 7.71. The fraction of sp³-hybridized carbons (Fsp3) is 0.167. The van der Waals surface area contributed by atoms with Crippen LogP contribution in [0.2, 0.25) is 0 Å². The third kappa shape index (κ3) is 2.76. The summed E-state index contributed by atoms with van der Waals surface area (Å²) in [6.45, 7) is 3.94. The number of nitrogens with zero attached hydrogens (tertiary/aromatic N) is 1. The molecule has 24 heavy (non-hydrogen) atoms. The van der Waals surface area contributed by atoms with Crippen molar-refractivity contribution in [1.29, 1.82) is 0 Å². The number of rotatable bonds is 2. The molecule has 0 aliphatic rings. The largest absolute Gasteiger partial charge is 0.465 e. The molecule has 0 aliphatic carbocycles. The smallest absolute Gasteiger partial charge is 0.337 e. The van der Waals surface area contributed by atoms with E-state index < -0.39 is 5.97 Å². The second-order valence-corrected chi connectivity index (χ2v) is 6.06. The van der Waals surface area contributed by atoms with Crippen LogP contribution in [0, 0.1) is 18.6 Å². The number of esters is 1. The maximum Gasteiger partial charge on any atom is 0.337 e. The summed E-state index contributed by atoms with van der Waals surface area (Å²) in [6.07, 6.45) is 0. The summed E-state index contributed by atoms with van der Waals surface area (Å²) in [7, 11) is 1.31. The Balaban J connectivity index is 2.30. The summed E-state index contributed by atoms with van der Waals surface area (Å²) >= 11 is 5.36. The molecular weight excluding hydrogens is 324 g/mol. The number of aryl methyl sites for hydroxylation is 2. The monoisotopic (exact) mass is 340 g/mol. The molecule has 122 valence electrons. The van der Waals surface area contributed by atoms with Crippen LogP contribution < -0.4 is 5.56 Å². The standard InChI is InChI=1S/C18H16N2O3S/c1-10-6-11(2)8-13(7-10)20-16(21)14-5-4-12(17(22)23-3)9-15(14)19-18(20)24/h4-9H,1-3H3,(H,19,24). The molecule has 0 aliphatic heterocycles. The fourth-order valence-corrected chi connectivity index (χ4v) is 3.08. The number of H-pyrrole nitrogens is 1. The highest BCUT2D eigenvalue weighted by Crippen LogP contribution is 2.16. The summed E-state index contributed by atoms with van der Waals surface area (Å²) in [4.78, 5) is 27.6. The molecule has 0 fully saturated rings. The van der Waals surface area contributed by atoms with Gasteiger partial charge in [0, 0.05) is 0 Å². The lowest BCUT2D eigenvalue weighted by atomic mass is 10.1. The van der Waals surface area contributed by atoms with Gasteiger partial charge in [-0.2, -0.15) is 0 Å². The number of fused-ring (bicyclic) bond motifs is 1. The van der Waals surface area contributed by atoms with Gasteiger partial charge in [-0.15, -0.1) is 0 Å². The quantitative estimate of drug-likeness (QED) is 0.573. The van der Waals surface area contributed by atoms with Crippen LogP contribution >= 0.6 is 12.2 Å². The summed E-state index contributed by atoms with van der Waals surface area (Å²) in [5.74, 6) is -0.463. The SMILES string of the molecule is COC(=O)c1ccc2c(=O)n(-c3cc(C)cc(C)c3)c(=S)[nH]c2c1. The van der Waals surface area contributed by atoms with Crippen LogP contribution in [0.4, 0.5) is 0 Å². The second kappa shape index (κ2) is 6.05. The van der Waals surface area contributed by atoms with Gasteiger partial charge in [0.25, 0.3) is 5.56 Å². The van der Waals surface area contributed by atoms with Crippen LogP contribution in [0.1, 0.15) is 21.5 Å². The van der Waals surface area contributed by atoms with E-state index in [1.54, 1.807) is 18.2 Å². The molecule has 6 heteroatoms. The number of aromatic amines is 1. The third-order valence-corrected chi connectivity index (χ3v) is 4.07. The van der Waals surface area contributed by atoms with E-state index in [4.69, 9.17) is 17.0 Å². The van der Waals surface area contributed by atoms with E-state index in [2.05, 4.69) is 4.98 Å². The van der Waals surface area contributed by atoms with E-state index in [1.165, 1.54) is 11.7 Å². The number of ether oxygens (including phenoxy) is 1.